The summed E-state index contributed by atoms with van der Waals surface area (Å²) in [5.41, 5.74) is 0.712. The molecule has 8 nitrogen and oxygen atoms in total. The van der Waals surface area contributed by atoms with Crippen molar-refractivity contribution in [3.63, 3.8) is 0 Å². The lowest BCUT2D eigenvalue weighted by atomic mass is 9.82. The number of aliphatic hydroxyl groups is 1. The van der Waals surface area contributed by atoms with Gasteiger partial charge in [0.15, 0.2) is 5.60 Å². The lowest BCUT2D eigenvalue weighted by molar-refractivity contribution is -0.149. The molecule has 2 aromatic rings. The zero-order valence-electron chi connectivity index (χ0n) is 24.6. The molecular weight excluding hydrogens is 553 g/mol. The van der Waals surface area contributed by atoms with Gasteiger partial charge in [-0.1, -0.05) is 43.3 Å². The molecule has 3 amide bonds. The van der Waals surface area contributed by atoms with Crippen molar-refractivity contribution in [1.29, 1.82) is 0 Å². The minimum Gasteiger partial charge on any atom is -0.395 e. The van der Waals surface area contributed by atoms with Crippen LogP contribution < -0.4 is 9.80 Å². The van der Waals surface area contributed by atoms with Crippen LogP contribution >= 0.6 is 0 Å². The molecule has 5 rings (SSSR count). The smallest absolute Gasteiger partial charge is 0.264 e. The van der Waals surface area contributed by atoms with Gasteiger partial charge in [-0.2, -0.15) is 0 Å². The SMILES string of the molecule is C=CCN1C(=O)[C@@]2(O[C@@H](CC(=O)N(CCO)Cc3ccccc3)[C@H]([Si](C)(C)F)[C@H]2C)c2cc(N3CCCC3=O)ccc21. The number of anilines is 2. The largest absolute Gasteiger partial charge is 0.395 e. The van der Waals surface area contributed by atoms with Crippen molar-refractivity contribution in [2.75, 3.05) is 36.0 Å². The third-order valence-corrected chi connectivity index (χ3v) is 11.4. The Kier molecular flexibility index (Phi) is 8.42. The van der Waals surface area contributed by atoms with Gasteiger partial charge in [-0.05, 0) is 43.3 Å². The predicted octanol–water partition coefficient (Wildman–Crippen LogP) is 4.53. The van der Waals surface area contributed by atoms with Crippen LogP contribution in [-0.4, -0.2) is 68.5 Å². The summed E-state index contributed by atoms with van der Waals surface area (Å²) in [4.78, 5) is 45.5. The van der Waals surface area contributed by atoms with E-state index in [0.29, 0.717) is 36.4 Å². The number of amides is 3. The first-order valence-electron chi connectivity index (χ1n) is 14.7. The predicted molar refractivity (Wildman–Crippen MR) is 162 cm³/mol. The Balaban J connectivity index is 1.53. The van der Waals surface area contributed by atoms with E-state index in [1.54, 1.807) is 33.9 Å². The molecule has 0 saturated carbocycles. The van der Waals surface area contributed by atoms with Crippen LogP contribution in [0.5, 0.6) is 0 Å². The standard InChI is InChI=1S/C32H40FN3O5Si/c1-5-15-36-26-14-13-24(35-16-9-12-28(35)38)19-25(26)32(31(36)40)22(2)30(42(3,4)33)27(41-32)20-29(39)34(17-18-37)21-23-10-7-6-8-11-23/h5-8,10-11,13-14,19,22,27,30,37H,1,9,12,15-18,20-21H2,2-4H3/t22-,27+,30-,32+/m1/s1. The highest BCUT2D eigenvalue weighted by atomic mass is 28.4. The van der Waals surface area contributed by atoms with E-state index in [0.717, 1.165) is 12.0 Å². The summed E-state index contributed by atoms with van der Waals surface area (Å²) in [5, 5.41) is 9.71. The number of benzene rings is 2. The molecule has 0 bridgehead atoms. The Morgan fingerprint density at radius 2 is 1.98 bits per heavy atom. The molecule has 4 atom stereocenters. The summed E-state index contributed by atoms with van der Waals surface area (Å²) >= 11 is 0. The van der Waals surface area contributed by atoms with E-state index in [1.165, 1.54) is 0 Å². The highest BCUT2D eigenvalue weighted by Gasteiger charge is 2.67. The van der Waals surface area contributed by atoms with E-state index in [-0.39, 0.29) is 43.8 Å². The number of nitrogens with zero attached hydrogens (tertiary/aromatic N) is 3. The molecular formula is C32H40FN3O5Si. The Morgan fingerprint density at radius 1 is 1.24 bits per heavy atom. The second-order valence-electron chi connectivity index (χ2n) is 12.1. The van der Waals surface area contributed by atoms with Crippen molar-refractivity contribution < 1.29 is 28.3 Å². The van der Waals surface area contributed by atoms with Gasteiger partial charge in [0, 0.05) is 55.3 Å². The van der Waals surface area contributed by atoms with Crippen LogP contribution in [-0.2, 0) is 31.3 Å². The van der Waals surface area contributed by atoms with Gasteiger partial charge in [0.05, 0.1) is 24.8 Å². The number of carbonyl (C=O) groups excluding carboxylic acids is 3. The zero-order valence-corrected chi connectivity index (χ0v) is 25.6. The maximum absolute atomic E-state index is 16.2. The van der Waals surface area contributed by atoms with E-state index < -0.39 is 31.6 Å². The van der Waals surface area contributed by atoms with E-state index in [9.17, 15) is 19.5 Å². The van der Waals surface area contributed by atoms with Crippen molar-refractivity contribution in [2.24, 2.45) is 5.92 Å². The van der Waals surface area contributed by atoms with Crippen molar-refractivity contribution >= 4 is 37.5 Å². The highest BCUT2D eigenvalue weighted by Crippen LogP contribution is 2.60. The number of hydrogen-bond donors (Lipinski definition) is 1. The van der Waals surface area contributed by atoms with Crippen LogP contribution in [0.15, 0.2) is 61.2 Å². The first-order valence-corrected chi connectivity index (χ1v) is 17.7. The number of fused-ring (bicyclic) bond motifs is 2. The molecule has 3 aliphatic heterocycles. The quantitative estimate of drug-likeness (QED) is 0.248. The van der Waals surface area contributed by atoms with Gasteiger partial charge in [0.1, 0.15) is 0 Å². The third kappa shape index (κ3) is 5.20. The maximum Gasteiger partial charge on any atom is 0.264 e. The van der Waals surface area contributed by atoms with Crippen LogP contribution in [0.3, 0.4) is 0 Å². The number of hydrogen-bond acceptors (Lipinski definition) is 5. The van der Waals surface area contributed by atoms with Crippen LogP contribution in [0.1, 0.15) is 37.3 Å². The minimum absolute atomic E-state index is 0.0256. The molecule has 1 spiro atoms. The molecule has 0 radical (unpaired) electrons. The normalized spacial score (nSPS) is 25.4. The molecule has 1 N–H and O–H groups in total. The average molecular weight is 594 g/mol. The number of rotatable bonds is 10. The monoisotopic (exact) mass is 593 g/mol. The van der Waals surface area contributed by atoms with E-state index >= 15 is 4.11 Å². The fourth-order valence-corrected chi connectivity index (χ4v) is 9.65. The minimum atomic E-state index is -3.48. The first-order chi connectivity index (χ1) is 20.0. The molecule has 2 fully saturated rings. The fraction of sp³-hybridized carbons (Fsp3) is 0.469. The second kappa shape index (κ2) is 11.7. The Morgan fingerprint density at radius 3 is 2.60 bits per heavy atom. The summed E-state index contributed by atoms with van der Waals surface area (Å²) in [5.74, 6) is -1.11. The summed E-state index contributed by atoms with van der Waals surface area (Å²) in [7, 11) is -3.48. The molecule has 0 aromatic heterocycles. The third-order valence-electron chi connectivity index (χ3n) is 8.96. The van der Waals surface area contributed by atoms with E-state index in [4.69, 9.17) is 4.74 Å². The highest BCUT2D eigenvalue weighted by molar-refractivity contribution is 6.72. The molecule has 0 aliphatic carbocycles. The van der Waals surface area contributed by atoms with Crippen molar-refractivity contribution in [3.8, 4) is 0 Å². The van der Waals surface area contributed by atoms with Gasteiger partial charge >= 0.3 is 0 Å². The number of carbonyl (C=O) groups is 3. The number of aliphatic hydroxyl groups excluding tert-OH is 1. The Labute approximate surface area is 247 Å². The number of ether oxygens (including phenoxy) is 1. The van der Waals surface area contributed by atoms with Gasteiger partial charge in [-0.25, -0.2) is 0 Å². The molecule has 0 unspecified atom stereocenters. The summed E-state index contributed by atoms with van der Waals surface area (Å²) in [6.07, 6.45) is 1.92. The Bertz CT molecular complexity index is 1370. The van der Waals surface area contributed by atoms with Crippen LogP contribution in [0, 0.1) is 5.92 Å². The van der Waals surface area contributed by atoms with Gasteiger partial charge in [0.2, 0.25) is 20.2 Å². The van der Waals surface area contributed by atoms with Gasteiger partial charge in [0.25, 0.3) is 5.91 Å². The topological polar surface area (TPSA) is 90.4 Å². The van der Waals surface area contributed by atoms with E-state index in [1.807, 2.05) is 55.5 Å². The molecule has 224 valence electrons. The van der Waals surface area contributed by atoms with Crippen molar-refractivity contribution in [2.45, 2.75) is 63.1 Å². The second-order valence-corrected chi connectivity index (χ2v) is 15.8. The van der Waals surface area contributed by atoms with Crippen molar-refractivity contribution in [3.05, 3.63) is 72.3 Å². The number of halogens is 1. The Hall–Kier alpha value is -3.34. The lowest BCUT2D eigenvalue weighted by Crippen LogP contribution is -2.45. The van der Waals surface area contributed by atoms with Gasteiger partial charge in [-0.15, -0.1) is 6.58 Å². The van der Waals surface area contributed by atoms with Crippen molar-refractivity contribution in [1.82, 2.24) is 4.90 Å². The van der Waals surface area contributed by atoms with Gasteiger partial charge < -0.3 is 28.7 Å². The zero-order chi connectivity index (χ0) is 30.2. The summed E-state index contributed by atoms with van der Waals surface area (Å²) < 4.78 is 22.9. The molecule has 10 heteroatoms. The fourth-order valence-electron chi connectivity index (χ4n) is 7.15. The maximum atomic E-state index is 16.2. The average Bonchev–Trinajstić information content (AvgIpc) is 3.58. The first kappa shape index (κ1) is 30.1. The van der Waals surface area contributed by atoms with Crippen LogP contribution in [0.2, 0.25) is 18.6 Å². The molecule has 3 heterocycles. The summed E-state index contributed by atoms with van der Waals surface area (Å²) in [6, 6.07) is 15.0. The van der Waals surface area contributed by atoms with Gasteiger partial charge in [-0.3, -0.25) is 14.4 Å². The summed E-state index contributed by atoms with van der Waals surface area (Å²) in [6.45, 7) is 9.94. The molecule has 3 aliphatic rings. The van der Waals surface area contributed by atoms with Crippen LogP contribution in [0.25, 0.3) is 0 Å². The molecule has 42 heavy (non-hydrogen) atoms. The molecule has 2 aromatic carbocycles. The molecule has 2 saturated heterocycles. The lowest BCUT2D eigenvalue weighted by Gasteiger charge is -2.31. The van der Waals surface area contributed by atoms with Crippen LogP contribution in [0.4, 0.5) is 15.5 Å². The van der Waals surface area contributed by atoms with E-state index in [2.05, 4.69) is 6.58 Å².